The first-order valence-corrected chi connectivity index (χ1v) is 3.48. The van der Waals surface area contributed by atoms with Crippen LogP contribution in [0.1, 0.15) is 19.8 Å². The van der Waals surface area contributed by atoms with Crippen LogP contribution in [0.3, 0.4) is 0 Å². The van der Waals surface area contributed by atoms with Crippen molar-refractivity contribution in [3.63, 3.8) is 0 Å². The summed E-state index contributed by atoms with van der Waals surface area (Å²) >= 11 is 1.53. The van der Waals surface area contributed by atoms with Crippen molar-refractivity contribution in [2.45, 2.75) is 19.8 Å². The van der Waals surface area contributed by atoms with E-state index in [9.17, 15) is 0 Å². The van der Waals surface area contributed by atoms with Gasteiger partial charge in [-0.3, -0.25) is 0 Å². The van der Waals surface area contributed by atoms with Gasteiger partial charge < -0.3 is 4.18 Å². The van der Waals surface area contributed by atoms with E-state index in [0.717, 1.165) is 5.75 Å². The molecule has 0 saturated carbocycles. The van der Waals surface area contributed by atoms with Crippen LogP contribution in [0.15, 0.2) is 0 Å². The van der Waals surface area contributed by atoms with Gasteiger partial charge in [-0.1, -0.05) is 13.3 Å². The zero-order chi connectivity index (χ0) is 5.54. The average Bonchev–Trinajstić information content (AvgIpc) is 1.69. The molecule has 0 aromatic carbocycles. The fourth-order valence-electron chi connectivity index (χ4n) is 0.287. The van der Waals surface area contributed by atoms with Gasteiger partial charge in [-0.05, 0) is 18.5 Å². The summed E-state index contributed by atoms with van der Waals surface area (Å²) in [5.74, 6) is 1.13. The summed E-state index contributed by atoms with van der Waals surface area (Å²) in [4.78, 5) is 0. The number of rotatable bonds is 4. The SMILES string of the molecule is CCCCSOC. The minimum Gasteiger partial charge on any atom is -0.319 e. The maximum absolute atomic E-state index is 4.76. The number of hydrogen-bond acceptors (Lipinski definition) is 2. The molecule has 0 atom stereocenters. The van der Waals surface area contributed by atoms with Crippen LogP contribution in [0.4, 0.5) is 0 Å². The van der Waals surface area contributed by atoms with Gasteiger partial charge in [0.2, 0.25) is 0 Å². The van der Waals surface area contributed by atoms with E-state index in [2.05, 4.69) is 6.92 Å². The summed E-state index contributed by atoms with van der Waals surface area (Å²) in [6.07, 6.45) is 2.52. The van der Waals surface area contributed by atoms with E-state index in [1.165, 1.54) is 24.9 Å². The van der Waals surface area contributed by atoms with Crippen molar-refractivity contribution in [2.75, 3.05) is 12.9 Å². The normalized spacial score (nSPS) is 9.43. The Balaban J connectivity index is 2.45. The summed E-state index contributed by atoms with van der Waals surface area (Å²) < 4.78 is 4.76. The first-order valence-electron chi connectivity index (χ1n) is 2.57. The molecule has 0 amide bonds. The lowest BCUT2D eigenvalue weighted by Gasteiger charge is -1.91. The van der Waals surface area contributed by atoms with Gasteiger partial charge in [-0.2, -0.15) is 0 Å². The Morgan fingerprint density at radius 2 is 2.29 bits per heavy atom. The van der Waals surface area contributed by atoms with Crippen molar-refractivity contribution in [1.82, 2.24) is 0 Å². The first kappa shape index (κ1) is 7.31. The van der Waals surface area contributed by atoms with Crippen molar-refractivity contribution in [3.8, 4) is 0 Å². The van der Waals surface area contributed by atoms with E-state index >= 15 is 0 Å². The Morgan fingerprint density at radius 1 is 1.57 bits per heavy atom. The second-order valence-electron chi connectivity index (χ2n) is 1.34. The fourth-order valence-corrected chi connectivity index (χ4v) is 0.860. The summed E-state index contributed by atoms with van der Waals surface area (Å²) in [5.41, 5.74) is 0. The predicted molar refractivity (Wildman–Crippen MR) is 34.4 cm³/mol. The highest BCUT2D eigenvalue weighted by Gasteiger charge is 1.80. The van der Waals surface area contributed by atoms with Crippen LogP contribution in [0.5, 0.6) is 0 Å². The van der Waals surface area contributed by atoms with Crippen molar-refractivity contribution >= 4 is 12.0 Å². The van der Waals surface area contributed by atoms with Crippen molar-refractivity contribution in [3.05, 3.63) is 0 Å². The minimum absolute atomic E-state index is 1.13. The summed E-state index contributed by atoms with van der Waals surface area (Å²) in [6, 6.07) is 0. The Labute approximate surface area is 49.6 Å². The Bertz CT molecular complexity index is 27.3. The molecule has 0 bridgehead atoms. The summed E-state index contributed by atoms with van der Waals surface area (Å²) in [7, 11) is 1.71. The maximum atomic E-state index is 4.76. The van der Waals surface area contributed by atoms with Gasteiger partial charge in [-0.25, -0.2) is 0 Å². The predicted octanol–water partition coefficient (Wildman–Crippen LogP) is 2.08. The molecule has 0 aliphatic heterocycles. The standard InChI is InChI=1S/C5H12OS/c1-3-4-5-7-6-2/h3-5H2,1-2H3. The first-order chi connectivity index (χ1) is 3.41. The third-order valence-electron chi connectivity index (χ3n) is 0.699. The van der Waals surface area contributed by atoms with Crippen LogP contribution >= 0.6 is 12.0 Å². The van der Waals surface area contributed by atoms with E-state index < -0.39 is 0 Å². The van der Waals surface area contributed by atoms with E-state index in [0.29, 0.717) is 0 Å². The highest BCUT2D eigenvalue weighted by molar-refractivity contribution is 7.94. The van der Waals surface area contributed by atoms with Gasteiger partial charge in [0, 0.05) is 5.75 Å². The van der Waals surface area contributed by atoms with Crippen LogP contribution < -0.4 is 0 Å². The third-order valence-corrected chi connectivity index (χ3v) is 1.39. The lowest BCUT2D eigenvalue weighted by Crippen LogP contribution is -1.75. The molecular weight excluding hydrogens is 108 g/mol. The molecule has 2 heteroatoms. The van der Waals surface area contributed by atoms with Gasteiger partial charge in [-0.15, -0.1) is 0 Å². The molecule has 7 heavy (non-hydrogen) atoms. The van der Waals surface area contributed by atoms with E-state index in [1.807, 2.05) is 0 Å². The van der Waals surface area contributed by atoms with E-state index in [-0.39, 0.29) is 0 Å². The Hall–Kier alpha value is 0.310. The zero-order valence-electron chi connectivity index (χ0n) is 4.94. The molecule has 0 rings (SSSR count). The Morgan fingerprint density at radius 3 is 2.71 bits per heavy atom. The smallest absolute Gasteiger partial charge is 0.0503 e. The van der Waals surface area contributed by atoms with Gasteiger partial charge in [0.15, 0.2) is 0 Å². The largest absolute Gasteiger partial charge is 0.319 e. The third kappa shape index (κ3) is 6.31. The monoisotopic (exact) mass is 120 g/mol. The van der Waals surface area contributed by atoms with Gasteiger partial charge in [0.25, 0.3) is 0 Å². The highest BCUT2D eigenvalue weighted by Crippen LogP contribution is 2.02. The fraction of sp³-hybridized carbons (Fsp3) is 1.00. The van der Waals surface area contributed by atoms with E-state index in [4.69, 9.17) is 4.18 Å². The van der Waals surface area contributed by atoms with E-state index in [1.54, 1.807) is 7.11 Å². The molecule has 0 aromatic heterocycles. The van der Waals surface area contributed by atoms with Crippen LogP contribution in [0.25, 0.3) is 0 Å². The molecule has 44 valence electrons. The molecule has 0 spiro atoms. The van der Waals surface area contributed by atoms with Crippen molar-refractivity contribution in [2.24, 2.45) is 0 Å². The molecule has 0 fully saturated rings. The second kappa shape index (κ2) is 6.31. The molecule has 0 aliphatic rings. The molecule has 0 aliphatic carbocycles. The molecule has 0 heterocycles. The molecule has 0 saturated heterocycles. The summed E-state index contributed by atoms with van der Waals surface area (Å²) in [6.45, 7) is 2.18. The lowest BCUT2D eigenvalue weighted by molar-refractivity contribution is 0.489. The van der Waals surface area contributed by atoms with Gasteiger partial charge >= 0.3 is 0 Å². The number of hydrogen-bond donors (Lipinski definition) is 0. The Kier molecular flexibility index (Phi) is 6.59. The van der Waals surface area contributed by atoms with Crippen LogP contribution in [0, 0.1) is 0 Å². The van der Waals surface area contributed by atoms with Crippen molar-refractivity contribution in [1.29, 1.82) is 0 Å². The van der Waals surface area contributed by atoms with Gasteiger partial charge in [0.05, 0.1) is 7.11 Å². The van der Waals surface area contributed by atoms with Crippen molar-refractivity contribution < 1.29 is 4.18 Å². The van der Waals surface area contributed by atoms with Crippen LogP contribution in [-0.2, 0) is 4.18 Å². The average molecular weight is 120 g/mol. The molecule has 0 aromatic rings. The van der Waals surface area contributed by atoms with Crippen LogP contribution in [0.2, 0.25) is 0 Å². The highest BCUT2D eigenvalue weighted by atomic mass is 32.2. The molecule has 1 nitrogen and oxygen atoms in total. The maximum Gasteiger partial charge on any atom is 0.0503 e. The van der Waals surface area contributed by atoms with Crippen LogP contribution in [-0.4, -0.2) is 12.9 Å². The molecular formula is C5H12OS. The molecule has 0 radical (unpaired) electrons. The molecule has 0 N–H and O–H groups in total. The lowest BCUT2D eigenvalue weighted by atomic mass is 10.4. The molecule has 0 unspecified atom stereocenters. The quantitative estimate of drug-likeness (QED) is 0.415. The van der Waals surface area contributed by atoms with Gasteiger partial charge in [0.1, 0.15) is 0 Å². The zero-order valence-corrected chi connectivity index (χ0v) is 5.75. The topological polar surface area (TPSA) is 9.23 Å². The minimum atomic E-state index is 1.13. The number of unbranched alkanes of at least 4 members (excludes halogenated alkanes) is 1. The summed E-state index contributed by atoms with van der Waals surface area (Å²) in [5, 5.41) is 0. The second-order valence-corrected chi connectivity index (χ2v) is 2.32.